The lowest BCUT2D eigenvalue weighted by molar-refractivity contribution is 0.102. The highest BCUT2D eigenvalue weighted by Crippen LogP contribution is 2.17. The summed E-state index contributed by atoms with van der Waals surface area (Å²) in [5, 5.41) is 2.89. The summed E-state index contributed by atoms with van der Waals surface area (Å²) in [7, 11) is -1.35. The van der Waals surface area contributed by atoms with Crippen LogP contribution in [-0.4, -0.2) is 56.8 Å². The zero-order chi connectivity index (χ0) is 20.3. The fraction of sp³-hybridized carbons (Fsp3) is 0.381. The summed E-state index contributed by atoms with van der Waals surface area (Å²) in [5.74, 6) is -0.256. The van der Waals surface area contributed by atoms with Crippen LogP contribution in [0.15, 0.2) is 42.5 Å². The van der Waals surface area contributed by atoms with Crippen molar-refractivity contribution in [3.63, 3.8) is 0 Å². The molecule has 1 aliphatic heterocycles. The third-order valence-electron chi connectivity index (χ3n) is 4.90. The first-order valence-electron chi connectivity index (χ1n) is 9.38. The second kappa shape index (κ2) is 8.43. The van der Waals surface area contributed by atoms with Crippen LogP contribution in [0.3, 0.4) is 0 Å². The first-order chi connectivity index (χ1) is 13.2. The largest absolute Gasteiger partial charge is 0.322 e. The van der Waals surface area contributed by atoms with E-state index >= 15 is 0 Å². The van der Waals surface area contributed by atoms with Crippen LogP contribution in [-0.2, 0) is 15.8 Å². The van der Waals surface area contributed by atoms with E-state index in [1.54, 1.807) is 28.6 Å². The molecule has 2 aromatic carbocycles. The van der Waals surface area contributed by atoms with Crippen LogP contribution in [0.1, 0.15) is 27.0 Å². The SMILES string of the molecule is Cc1cc(C)cc(NC(=O)c2ccc(CS(=O)(=O)N3CCN(C)CC3)cc2)c1. The molecule has 1 N–H and O–H groups in total. The third kappa shape index (κ3) is 5.19. The average Bonchev–Trinajstić information content (AvgIpc) is 2.61. The van der Waals surface area contributed by atoms with Crippen LogP contribution < -0.4 is 5.32 Å². The molecule has 1 fully saturated rings. The maximum absolute atomic E-state index is 12.6. The van der Waals surface area contributed by atoms with Gasteiger partial charge in [0.25, 0.3) is 5.91 Å². The average molecular weight is 402 g/mol. The van der Waals surface area contributed by atoms with Crippen LogP contribution in [0, 0.1) is 13.8 Å². The smallest absolute Gasteiger partial charge is 0.255 e. The summed E-state index contributed by atoms with van der Waals surface area (Å²) >= 11 is 0. The molecule has 0 radical (unpaired) electrons. The Morgan fingerprint density at radius 2 is 1.54 bits per heavy atom. The minimum Gasteiger partial charge on any atom is -0.322 e. The molecule has 1 heterocycles. The summed E-state index contributed by atoms with van der Waals surface area (Å²) in [6, 6.07) is 12.7. The van der Waals surface area contributed by atoms with Gasteiger partial charge in [-0.1, -0.05) is 18.2 Å². The van der Waals surface area contributed by atoms with Crippen LogP contribution in [0.2, 0.25) is 0 Å². The molecule has 28 heavy (non-hydrogen) atoms. The Balaban J connectivity index is 1.65. The molecule has 1 saturated heterocycles. The van der Waals surface area contributed by atoms with Gasteiger partial charge in [0.05, 0.1) is 5.75 Å². The van der Waals surface area contributed by atoms with Crippen molar-refractivity contribution in [2.45, 2.75) is 19.6 Å². The van der Waals surface area contributed by atoms with E-state index in [9.17, 15) is 13.2 Å². The van der Waals surface area contributed by atoms with Crippen molar-refractivity contribution in [3.8, 4) is 0 Å². The van der Waals surface area contributed by atoms with Gasteiger partial charge < -0.3 is 10.2 Å². The number of nitrogens with zero attached hydrogens (tertiary/aromatic N) is 2. The zero-order valence-electron chi connectivity index (χ0n) is 16.6. The van der Waals surface area contributed by atoms with E-state index in [0.717, 1.165) is 29.9 Å². The predicted molar refractivity (Wildman–Crippen MR) is 112 cm³/mol. The minimum absolute atomic E-state index is 0.0459. The molecule has 0 atom stereocenters. The van der Waals surface area contributed by atoms with Crippen molar-refractivity contribution in [2.75, 3.05) is 38.5 Å². The second-order valence-corrected chi connectivity index (χ2v) is 9.45. The van der Waals surface area contributed by atoms with E-state index < -0.39 is 10.0 Å². The van der Waals surface area contributed by atoms with Gasteiger partial charge in [-0.3, -0.25) is 4.79 Å². The van der Waals surface area contributed by atoms with Gasteiger partial charge in [0.2, 0.25) is 10.0 Å². The number of benzene rings is 2. The Bertz CT molecular complexity index is 927. The summed E-state index contributed by atoms with van der Waals surface area (Å²) in [4.78, 5) is 14.6. The molecular weight excluding hydrogens is 374 g/mol. The molecule has 1 aliphatic rings. The lowest BCUT2D eigenvalue weighted by atomic mass is 10.1. The number of hydrogen-bond acceptors (Lipinski definition) is 4. The van der Waals surface area contributed by atoms with Gasteiger partial charge in [-0.05, 0) is 61.9 Å². The quantitative estimate of drug-likeness (QED) is 0.836. The summed E-state index contributed by atoms with van der Waals surface area (Å²) in [5.41, 5.74) is 4.10. The molecule has 0 spiro atoms. The highest BCUT2D eigenvalue weighted by molar-refractivity contribution is 7.88. The maximum atomic E-state index is 12.6. The van der Waals surface area contributed by atoms with Crippen molar-refractivity contribution < 1.29 is 13.2 Å². The van der Waals surface area contributed by atoms with E-state index in [1.807, 2.05) is 39.1 Å². The molecular formula is C21H27N3O3S. The van der Waals surface area contributed by atoms with Gasteiger partial charge in [0.15, 0.2) is 0 Å². The first-order valence-corrected chi connectivity index (χ1v) is 11.0. The predicted octanol–water partition coefficient (Wildman–Crippen LogP) is 2.63. The molecule has 1 amide bonds. The number of carbonyl (C=O) groups is 1. The summed E-state index contributed by atoms with van der Waals surface area (Å²) < 4.78 is 26.8. The molecule has 7 heteroatoms. The number of piperazine rings is 1. The third-order valence-corrected chi connectivity index (χ3v) is 6.75. The first kappa shape index (κ1) is 20.5. The number of aryl methyl sites for hydroxylation is 2. The number of hydrogen-bond donors (Lipinski definition) is 1. The van der Waals surface area contributed by atoms with E-state index in [2.05, 4.69) is 10.2 Å². The Labute approximate surface area is 167 Å². The normalized spacial score (nSPS) is 16.1. The van der Waals surface area contributed by atoms with Crippen LogP contribution in [0.4, 0.5) is 5.69 Å². The number of nitrogens with one attached hydrogen (secondary N) is 1. The molecule has 0 aromatic heterocycles. The van der Waals surface area contributed by atoms with Gasteiger partial charge in [-0.15, -0.1) is 0 Å². The highest BCUT2D eigenvalue weighted by Gasteiger charge is 2.25. The molecule has 150 valence electrons. The molecule has 6 nitrogen and oxygen atoms in total. The van der Waals surface area contributed by atoms with E-state index in [-0.39, 0.29) is 11.7 Å². The molecule has 3 rings (SSSR count). The maximum Gasteiger partial charge on any atom is 0.255 e. The highest BCUT2D eigenvalue weighted by atomic mass is 32.2. The van der Waals surface area contributed by atoms with Gasteiger partial charge >= 0.3 is 0 Å². The standard InChI is InChI=1S/C21H27N3O3S/c1-16-12-17(2)14-20(13-16)22-21(25)19-6-4-18(5-7-19)15-28(26,27)24-10-8-23(3)9-11-24/h4-7,12-14H,8-11,15H2,1-3H3,(H,22,25). The van der Waals surface area contributed by atoms with Crippen molar-refractivity contribution in [3.05, 3.63) is 64.7 Å². The molecule has 0 unspecified atom stereocenters. The number of sulfonamides is 1. The number of carbonyl (C=O) groups excluding carboxylic acids is 1. The number of anilines is 1. The monoisotopic (exact) mass is 401 g/mol. The van der Waals surface area contributed by atoms with Crippen LogP contribution in [0.5, 0.6) is 0 Å². The van der Waals surface area contributed by atoms with Crippen LogP contribution >= 0.6 is 0 Å². The zero-order valence-corrected chi connectivity index (χ0v) is 17.4. The Kier molecular flexibility index (Phi) is 6.17. The Hall–Kier alpha value is -2.22. The van der Waals surface area contributed by atoms with Crippen molar-refractivity contribution in [2.24, 2.45) is 0 Å². The van der Waals surface area contributed by atoms with Crippen molar-refractivity contribution in [1.29, 1.82) is 0 Å². The van der Waals surface area contributed by atoms with Gasteiger partial charge in [0.1, 0.15) is 0 Å². The number of likely N-dealkylation sites (N-methyl/N-ethyl adjacent to an activating group) is 1. The number of amides is 1. The fourth-order valence-electron chi connectivity index (χ4n) is 3.37. The summed E-state index contributed by atoms with van der Waals surface area (Å²) in [6.07, 6.45) is 0. The summed E-state index contributed by atoms with van der Waals surface area (Å²) in [6.45, 7) is 6.51. The van der Waals surface area contributed by atoms with E-state index in [1.165, 1.54) is 0 Å². The van der Waals surface area contributed by atoms with Crippen LogP contribution in [0.25, 0.3) is 0 Å². The molecule has 0 saturated carbocycles. The second-order valence-electron chi connectivity index (χ2n) is 7.49. The fourth-order valence-corrected chi connectivity index (χ4v) is 4.89. The Morgan fingerprint density at radius 3 is 2.11 bits per heavy atom. The molecule has 0 bridgehead atoms. The molecule has 0 aliphatic carbocycles. The van der Waals surface area contributed by atoms with Crippen molar-refractivity contribution in [1.82, 2.24) is 9.21 Å². The van der Waals surface area contributed by atoms with Gasteiger partial charge in [-0.2, -0.15) is 4.31 Å². The van der Waals surface area contributed by atoms with Gasteiger partial charge in [-0.25, -0.2) is 8.42 Å². The Morgan fingerprint density at radius 1 is 0.964 bits per heavy atom. The van der Waals surface area contributed by atoms with E-state index in [4.69, 9.17) is 0 Å². The molecule has 2 aromatic rings. The van der Waals surface area contributed by atoms with Crippen molar-refractivity contribution >= 4 is 21.6 Å². The lowest BCUT2D eigenvalue weighted by Gasteiger charge is -2.31. The topological polar surface area (TPSA) is 69.7 Å². The lowest BCUT2D eigenvalue weighted by Crippen LogP contribution is -2.47. The van der Waals surface area contributed by atoms with Gasteiger partial charge in [0, 0.05) is 37.4 Å². The number of rotatable bonds is 5. The minimum atomic E-state index is -3.34. The van der Waals surface area contributed by atoms with E-state index in [0.29, 0.717) is 24.2 Å².